The summed E-state index contributed by atoms with van der Waals surface area (Å²) in [7, 11) is -3.78. The number of aliphatic hydroxyl groups excluding tert-OH is 2. The molecule has 3 aliphatic rings. The van der Waals surface area contributed by atoms with Crippen LogP contribution < -0.4 is 5.32 Å². The summed E-state index contributed by atoms with van der Waals surface area (Å²) in [6.07, 6.45) is 1.01. The van der Waals surface area contributed by atoms with Gasteiger partial charge >= 0.3 is 6.18 Å². The average Bonchev–Trinajstić information content (AvgIpc) is 3.52. The minimum absolute atomic E-state index is 0.00521. The molecule has 3 N–H and O–H groups in total. The number of hydrogen-bond acceptors (Lipinski definition) is 6. The van der Waals surface area contributed by atoms with E-state index in [9.17, 15) is 36.6 Å². The number of fused-ring (bicyclic) bond motifs is 1. The van der Waals surface area contributed by atoms with Gasteiger partial charge in [0, 0.05) is 47.9 Å². The van der Waals surface area contributed by atoms with Gasteiger partial charge in [0.25, 0.3) is 5.91 Å². The molecule has 242 valence electrons. The summed E-state index contributed by atoms with van der Waals surface area (Å²) in [5, 5.41) is 24.1. The highest BCUT2D eigenvalue weighted by atomic mass is 32.2. The van der Waals surface area contributed by atoms with E-state index in [1.165, 1.54) is 9.71 Å². The highest BCUT2D eigenvalue weighted by Crippen LogP contribution is 2.38. The maximum atomic E-state index is 13.3. The van der Waals surface area contributed by atoms with Gasteiger partial charge in [-0.15, -0.1) is 0 Å². The van der Waals surface area contributed by atoms with E-state index in [2.05, 4.69) is 5.32 Å². The molecular weight excluding hydrogens is 597 g/mol. The third-order valence-corrected chi connectivity index (χ3v) is 11.2. The molecule has 1 saturated carbocycles. The highest BCUT2D eigenvalue weighted by molar-refractivity contribution is 7.92. The molecule has 2 fully saturated rings. The lowest BCUT2D eigenvalue weighted by atomic mass is 9.79. The van der Waals surface area contributed by atoms with E-state index in [0.717, 1.165) is 27.6 Å². The summed E-state index contributed by atoms with van der Waals surface area (Å²) in [5.74, 6) is 0.409. The van der Waals surface area contributed by atoms with Gasteiger partial charge in [0.15, 0.2) is 0 Å². The molecule has 2 aliphatic heterocycles. The van der Waals surface area contributed by atoms with Crippen LogP contribution in [-0.4, -0.2) is 76.8 Å². The van der Waals surface area contributed by atoms with Gasteiger partial charge in [0.2, 0.25) is 10.0 Å². The summed E-state index contributed by atoms with van der Waals surface area (Å²) in [4.78, 5) is 17.8. The molecule has 5 rings (SSSR count). The summed E-state index contributed by atoms with van der Waals surface area (Å²) >= 11 is 0. The number of amidine groups is 1. The number of amides is 1. The smallest absolute Gasteiger partial charge is 0.389 e. The number of sulfonamides is 1. The zero-order valence-electron chi connectivity index (χ0n) is 25.1. The predicted molar refractivity (Wildman–Crippen MR) is 162 cm³/mol. The molecule has 1 atom stereocenters. The standard InChI is InChI=1S/C31H41F3N4O5S/c1-20-17-27-26(8-13-37(27)18-24(40)19-39)21(2)25(20)9-16-44(42,43)38-14-11-30(12-15-38)29(41)35-28(36-30)23-5-3-22(4-6-23)7-10-31(32,33)34/h8-9,13,16-17,22-24,39-40H,3-7,10-12,14-15,18-19H2,1-2H3,(H,35,36,41)/b16-9+/t22?,23?,24-/m1/s1. The van der Waals surface area contributed by atoms with Gasteiger partial charge in [-0.1, -0.05) is 0 Å². The largest absolute Gasteiger partial charge is 0.394 e. The molecule has 9 nitrogen and oxygen atoms in total. The predicted octanol–water partition coefficient (Wildman–Crippen LogP) is 4.42. The molecule has 1 amide bonds. The Morgan fingerprint density at radius 1 is 1.18 bits per heavy atom. The van der Waals surface area contributed by atoms with Crippen LogP contribution in [0, 0.1) is 25.7 Å². The number of nitrogens with one attached hydrogen (secondary N) is 1. The lowest BCUT2D eigenvalue weighted by Crippen LogP contribution is -2.50. The molecule has 44 heavy (non-hydrogen) atoms. The molecule has 1 aromatic heterocycles. The molecular formula is C31H41F3N4O5S. The van der Waals surface area contributed by atoms with Gasteiger partial charge in [0.05, 0.1) is 19.3 Å². The van der Waals surface area contributed by atoms with Crippen molar-refractivity contribution in [1.82, 2.24) is 14.2 Å². The monoisotopic (exact) mass is 638 g/mol. The van der Waals surface area contributed by atoms with Crippen LogP contribution >= 0.6 is 0 Å². The second-order valence-corrected chi connectivity index (χ2v) is 14.4. The molecule has 3 heterocycles. The first-order valence-corrected chi connectivity index (χ1v) is 16.8. The SMILES string of the molecule is Cc1cc2c(ccn2C[C@@H](O)CO)c(C)c1/C=C/S(=O)(=O)N1CCC2(CC1)N=C(C1CCC(CCC(F)(F)F)CC1)NC2=O. The van der Waals surface area contributed by atoms with E-state index in [4.69, 9.17) is 4.99 Å². The Kier molecular flexibility index (Phi) is 9.33. The van der Waals surface area contributed by atoms with Crippen molar-refractivity contribution in [2.75, 3.05) is 19.7 Å². The van der Waals surface area contributed by atoms with Gasteiger partial charge < -0.3 is 20.1 Å². The van der Waals surface area contributed by atoms with E-state index in [1.807, 2.05) is 36.7 Å². The van der Waals surface area contributed by atoms with Crippen LogP contribution in [0.15, 0.2) is 28.7 Å². The van der Waals surface area contributed by atoms with Crippen LogP contribution in [0.2, 0.25) is 0 Å². The summed E-state index contributed by atoms with van der Waals surface area (Å²) in [5.41, 5.74) is 2.44. The van der Waals surface area contributed by atoms with Gasteiger partial charge in [0.1, 0.15) is 11.4 Å². The number of alkyl halides is 3. The van der Waals surface area contributed by atoms with Crippen LogP contribution in [0.3, 0.4) is 0 Å². The minimum Gasteiger partial charge on any atom is -0.394 e. The molecule has 0 radical (unpaired) electrons. The number of rotatable bonds is 9. The maximum Gasteiger partial charge on any atom is 0.389 e. The summed E-state index contributed by atoms with van der Waals surface area (Å²) in [6, 6.07) is 3.85. The first-order chi connectivity index (χ1) is 20.7. The van der Waals surface area contributed by atoms with Gasteiger partial charge in [-0.2, -0.15) is 17.5 Å². The number of halogens is 3. The van der Waals surface area contributed by atoms with Crippen molar-refractivity contribution in [2.24, 2.45) is 16.8 Å². The van der Waals surface area contributed by atoms with Crippen molar-refractivity contribution in [1.29, 1.82) is 0 Å². The van der Waals surface area contributed by atoms with Crippen molar-refractivity contribution < 1.29 is 36.6 Å². The zero-order valence-corrected chi connectivity index (χ0v) is 25.9. The van der Waals surface area contributed by atoms with E-state index in [-0.39, 0.29) is 63.2 Å². The number of nitrogens with zero attached hydrogens (tertiary/aromatic N) is 3. The molecule has 13 heteroatoms. The summed E-state index contributed by atoms with van der Waals surface area (Å²) in [6.45, 7) is 4.01. The van der Waals surface area contributed by atoms with E-state index >= 15 is 0 Å². The molecule has 1 aliphatic carbocycles. The van der Waals surface area contributed by atoms with Gasteiger partial charge in [-0.25, -0.2) is 8.42 Å². The van der Waals surface area contributed by atoms with Crippen LogP contribution in [0.4, 0.5) is 13.2 Å². The molecule has 0 bridgehead atoms. The van der Waals surface area contributed by atoms with Crippen LogP contribution in [0.1, 0.15) is 68.1 Å². The first kappa shape index (κ1) is 32.6. The number of aliphatic hydroxyl groups is 2. The number of carbonyl (C=O) groups is 1. The van der Waals surface area contributed by atoms with Crippen molar-refractivity contribution >= 4 is 38.7 Å². The van der Waals surface area contributed by atoms with Crippen molar-refractivity contribution in [2.45, 2.75) is 89.6 Å². The Morgan fingerprint density at radius 3 is 2.50 bits per heavy atom. The van der Waals surface area contributed by atoms with Gasteiger partial charge in [-0.3, -0.25) is 9.79 Å². The third-order valence-electron chi connectivity index (χ3n) is 9.60. The van der Waals surface area contributed by atoms with Gasteiger partial charge in [-0.05, 0) is 99.6 Å². The molecule has 2 aromatic rings. The number of carbonyl (C=O) groups excluding carboxylic acids is 1. The minimum atomic E-state index is -4.14. The Balaban J connectivity index is 1.22. The molecule has 1 saturated heterocycles. The first-order valence-electron chi connectivity index (χ1n) is 15.3. The fourth-order valence-electron chi connectivity index (χ4n) is 6.90. The third kappa shape index (κ3) is 6.90. The fourth-order valence-corrected chi connectivity index (χ4v) is 8.08. The molecule has 1 spiro atoms. The number of benzene rings is 1. The number of hydrogen-bond donors (Lipinski definition) is 3. The topological polar surface area (TPSA) is 124 Å². The lowest BCUT2D eigenvalue weighted by Gasteiger charge is -2.34. The second-order valence-electron chi connectivity index (χ2n) is 12.6. The molecule has 0 unspecified atom stereocenters. The van der Waals surface area contributed by atoms with E-state index < -0.39 is 34.3 Å². The van der Waals surface area contributed by atoms with Crippen molar-refractivity contribution in [3.8, 4) is 0 Å². The van der Waals surface area contributed by atoms with Crippen molar-refractivity contribution in [3.05, 3.63) is 40.4 Å². The fraction of sp³-hybridized carbons (Fsp3) is 0.613. The summed E-state index contributed by atoms with van der Waals surface area (Å²) < 4.78 is 67.7. The Morgan fingerprint density at radius 2 is 1.86 bits per heavy atom. The number of aliphatic imine (C=N–C) groups is 1. The van der Waals surface area contributed by atoms with Crippen LogP contribution in [0.5, 0.6) is 0 Å². The Bertz CT molecular complexity index is 1550. The van der Waals surface area contributed by atoms with Crippen LogP contribution in [-0.2, 0) is 21.4 Å². The van der Waals surface area contributed by atoms with E-state index in [1.54, 1.807) is 6.08 Å². The number of aromatic nitrogens is 1. The quantitative estimate of drug-likeness (QED) is 0.375. The Labute approximate surface area is 255 Å². The zero-order chi connectivity index (χ0) is 31.9. The maximum absolute atomic E-state index is 13.3. The lowest BCUT2D eigenvalue weighted by molar-refractivity contribution is -0.138. The second kappa shape index (κ2) is 12.6. The van der Waals surface area contributed by atoms with Crippen LogP contribution in [0.25, 0.3) is 17.0 Å². The normalized spacial score (nSPS) is 23.9. The molecule has 1 aromatic carbocycles. The van der Waals surface area contributed by atoms with Crippen molar-refractivity contribution in [3.63, 3.8) is 0 Å². The number of piperidine rings is 1. The average molecular weight is 639 g/mol. The van der Waals surface area contributed by atoms with E-state index in [0.29, 0.717) is 31.5 Å². The number of aryl methyl sites for hydroxylation is 2. The highest BCUT2D eigenvalue weighted by Gasteiger charge is 2.48. The Hall–Kier alpha value is -2.74.